The number of hydrogen-bond donors (Lipinski definition) is 1. The molecule has 0 aromatic heterocycles. The largest absolute Gasteiger partial charge is 0.339 e. The maximum Gasteiger partial charge on any atom is 0.258 e. The predicted molar refractivity (Wildman–Crippen MR) is 185 cm³/mol. The Morgan fingerprint density at radius 1 is 0.745 bits per heavy atom. The fraction of sp³-hybridized carbons (Fsp3) is 0.263. The molecule has 2 aliphatic heterocycles. The van der Waals surface area contributed by atoms with E-state index in [0.717, 1.165) is 29.8 Å². The number of para-hydroxylation sites is 2. The highest BCUT2D eigenvalue weighted by atomic mass is 16.2. The molecule has 0 atom stereocenters. The highest BCUT2D eigenvalue weighted by Crippen LogP contribution is 2.34. The molecule has 0 saturated carbocycles. The van der Waals surface area contributed by atoms with Gasteiger partial charge in [0.1, 0.15) is 6.54 Å². The highest BCUT2D eigenvalue weighted by Gasteiger charge is 2.32. The van der Waals surface area contributed by atoms with Gasteiger partial charge in [0.05, 0.1) is 17.8 Å². The van der Waals surface area contributed by atoms with Gasteiger partial charge in [0.15, 0.2) is 0 Å². The lowest BCUT2D eigenvalue weighted by Crippen LogP contribution is -2.50. The minimum atomic E-state index is -0.262. The topological polar surface area (TPSA) is 93.3 Å². The highest BCUT2D eigenvalue weighted by molar-refractivity contribution is 6.12. The van der Waals surface area contributed by atoms with Crippen molar-refractivity contribution in [2.45, 2.75) is 19.8 Å². The number of likely N-dealkylation sites (N-methyl/N-ethyl adjacent to an activating group) is 1. The van der Waals surface area contributed by atoms with E-state index >= 15 is 0 Å². The normalized spacial score (nSPS) is 15.2. The van der Waals surface area contributed by atoms with Crippen LogP contribution in [0.2, 0.25) is 0 Å². The molecule has 47 heavy (non-hydrogen) atoms. The zero-order valence-electron chi connectivity index (χ0n) is 26.8. The number of piperazine rings is 1. The Morgan fingerprint density at radius 3 is 2.13 bits per heavy atom. The zero-order chi connectivity index (χ0) is 32.9. The summed E-state index contributed by atoms with van der Waals surface area (Å²) < 4.78 is 0. The Balaban J connectivity index is 1.14. The second-order valence-corrected chi connectivity index (χ2v) is 12.2. The van der Waals surface area contributed by atoms with Gasteiger partial charge in [0.2, 0.25) is 17.7 Å². The third-order valence-corrected chi connectivity index (χ3v) is 8.85. The fourth-order valence-electron chi connectivity index (χ4n) is 6.11. The van der Waals surface area contributed by atoms with E-state index in [4.69, 9.17) is 0 Å². The Bertz CT molecular complexity index is 1780. The lowest BCUT2D eigenvalue weighted by molar-refractivity contribution is -0.132. The van der Waals surface area contributed by atoms with Gasteiger partial charge in [-0.1, -0.05) is 66.2 Å². The minimum absolute atomic E-state index is 0.0640. The molecule has 0 aliphatic carbocycles. The van der Waals surface area contributed by atoms with Gasteiger partial charge in [-0.2, -0.15) is 0 Å². The van der Waals surface area contributed by atoms with E-state index < -0.39 is 0 Å². The van der Waals surface area contributed by atoms with E-state index in [-0.39, 0.29) is 49.6 Å². The van der Waals surface area contributed by atoms with Crippen LogP contribution in [0.4, 0.5) is 17.1 Å². The maximum absolute atomic E-state index is 13.8. The van der Waals surface area contributed by atoms with Crippen molar-refractivity contribution in [1.82, 2.24) is 9.80 Å². The zero-order valence-corrected chi connectivity index (χ0v) is 26.8. The molecule has 1 N–H and O–H groups in total. The molecule has 6 rings (SSSR count). The van der Waals surface area contributed by atoms with Crippen molar-refractivity contribution in [3.05, 3.63) is 114 Å². The Hall–Kier alpha value is -5.28. The molecular weight excluding hydrogens is 590 g/mol. The summed E-state index contributed by atoms with van der Waals surface area (Å²) in [7, 11) is 2.03. The third-order valence-electron chi connectivity index (χ3n) is 8.85. The van der Waals surface area contributed by atoms with Crippen LogP contribution < -0.4 is 15.1 Å². The van der Waals surface area contributed by atoms with Gasteiger partial charge < -0.3 is 24.9 Å². The quantitative estimate of drug-likeness (QED) is 0.311. The maximum atomic E-state index is 13.8. The predicted octanol–water partition coefficient (Wildman–Crippen LogP) is 5.00. The summed E-state index contributed by atoms with van der Waals surface area (Å²) in [5.74, 6) is -0.716. The first-order valence-electron chi connectivity index (χ1n) is 16.0. The molecule has 4 aromatic carbocycles. The lowest BCUT2D eigenvalue weighted by Gasteiger charge is -2.34. The van der Waals surface area contributed by atoms with E-state index in [1.807, 2.05) is 56.4 Å². The van der Waals surface area contributed by atoms with Crippen molar-refractivity contribution in [3.63, 3.8) is 0 Å². The van der Waals surface area contributed by atoms with Crippen LogP contribution in [0.25, 0.3) is 11.1 Å². The monoisotopic (exact) mass is 629 g/mol. The summed E-state index contributed by atoms with van der Waals surface area (Å²) in [6.45, 7) is 5.01. The van der Waals surface area contributed by atoms with Gasteiger partial charge in [-0.15, -0.1) is 0 Å². The van der Waals surface area contributed by atoms with Gasteiger partial charge in [0, 0.05) is 50.4 Å². The smallest absolute Gasteiger partial charge is 0.258 e. The van der Waals surface area contributed by atoms with Crippen LogP contribution in [0.1, 0.15) is 27.9 Å². The van der Waals surface area contributed by atoms with E-state index in [1.165, 1.54) is 10.5 Å². The molecule has 0 radical (unpaired) electrons. The standard InChI is InChI=1S/C38H39N5O4/c1-27-11-13-28(14-12-27)32-8-4-3-7-30(32)25-35(44)39-31-17-15-29(16-18-31)38(47)42-20-19-36(45)43(34-10-6-5-9-33(34)42)26-37(46)41-23-21-40(2)22-24-41/h3-18H,19-26H2,1-2H3,(H,39,44). The summed E-state index contributed by atoms with van der Waals surface area (Å²) >= 11 is 0. The van der Waals surface area contributed by atoms with E-state index in [2.05, 4.69) is 34.5 Å². The molecule has 0 bridgehead atoms. The summed E-state index contributed by atoms with van der Waals surface area (Å²) in [5, 5.41) is 2.95. The molecule has 0 spiro atoms. The van der Waals surface area contributed by atoms with Crippen LogP contribution >= 0.6 is 0 Å². The minimum Gasteiger partial charge on any atom is -0.339 e. The Kier molecular flexibility index (Phi) is 9.45. The number of amides is 4. The molecule has 4 aromatic rings. The number of nitrogens with zero attached hydrogens (tertiary/aromatic N) is 4. The number of carbonyl (C=O) groups excluding carboxylic acids is 4. The van der Waals surface area contributed by atoms with Crippen molar-refractivity contribution in [1.29, 1.82) is 0 Å². The fourth-order valence-corrected chi connectivity index (χ4v) is 6.11. The van der Waals surface area contributed by atoms with Crippen LogP contribution in [-0.4, -0.2) is 79.7 Å². The third kappa shape index (κ3) is 7.26. The number of carbonyl (C=O) groups is 4. The first-order valence-corrected chi connectivity index (χ1v) is 16.0. The van der Waals surface area contributed by atoms with Gasteiger partial charge in [0.25, 0.3) is 5.91 Å². The van der Waals surface area contributed by atoms with Crippen molar-refractivity contribution < 1.29 is 19.2 Å². The molecule has 4 amide bonds. The first kappa shape index (κ1) is 31.7. The second-order valence-electron chi connectivity index (χ2n) is 12.2. The first-order chi connectivity index (χ1) is 22.8. The molecule has 1 saturated heterocycles. The van der Waals surface area contributed by atoms with Crippen molar-refractivity contribution >= 4 is 40.7 Å². The van der Waals surface area contributed by atoms with Gasteiger partial charge >= 0.3 is 0 Å². The van der Waals surface area contributed by atoms with Crippen LogP contribution in [-0.2, 0) is 20.8 Å². The van der Waals surface area contributed by atoms with Crippen LogP contribution in [0.5, 0.6) is 0 Å². The summed E-state index contributed by atoms with van der Waals surface area (Å²) in [5.41, 5.74) is 6.31. The average Bonchev–Trinajstić information content (AvgIpc) is 3.21. The average molecular weight is 630 g/mol. The molecule has 1 fully saturated rings. The second kappa shape index (κ2) is 14.0. The van der Waals surface area contributed by atoms with Gasteiger partial charge in [-0.25, -0.2) is 0 Å². The van der Waals surface area contributed by atoms with Crippen molar-refractivity contribution in [3.8, 4) is 11.1 Å². The van der Waals surface area contributed by atoms with Gasteiger partial charge in [-0.05, 0) is 67.1 Å². The van der Waals surface area contributed by atoms with Crippen LogP contribution in [0.15, 0.2) is 97.1 Å². The summed E-state index contributed by atoms with van der Waals surface area (Å²) in [6, 6.07) is 30.1. The number of aryl methyl sites for hydroxylation is 1. The van der Waals surface area contributed by atoms with E-state index in [9.17, 15) is 19.2 Å². The number of rotatable bonds is 7. The SMILES string of the molecule is Cc1ccc(-c2ccccc2CC(=O)Nc2ccc(C(=O)N3CCC(=O)N(CC(=O)N4CCN(C)CC4)c4ccccc43)cc2)cc1. The number of benzene rings is 4. The lowest BCUT2D eigenvalue weighted by atomic mass is 9.97. The summed E-state index contributed by atoms with van der Waals surface area (Å²) in [6.07, 6.45) is 0.297. The Morgan fingerprint density at radius 2 is 1.40 bits per heavy atom. The Labute approximate surface area is 275 Å². The van der Waals surface area contributed by atoms with Crippen molar-refractivity contribution in [2.75, 3.05) is 61.4 Å². The van der Waals surface area contributed by atoms with E-state index in [1.54, 1.807) is 40.1 Å². The van der Waals surface area contributed by atoms with Crippen LogP contribution in [0.3, 0.4) is 0 Å². The van der Waals surface area contributed by atoms with Crippen LogP contribution in [0, 0.1) is 6.92 Å². The number of nitrogens with one attached hydrogen (secondary N) is 1. The number of fused-ring (bicyclic) bond motifs is 1. The number of anilines is 3. The van der Waals surface area contributed by atoms with Crippen molar-refractivity contribution in [2.24, 2.45) is 0 Å². The molecule has 240 valence electrons. The molecule has 0 unspecified atom stereocenters. The summed E-state index contributed by atoms with van der Waals surface area (Å²) in [4.78, 5) is 60.5. The van der Waals surface area contributed by atoms with Gasteiger partial charge in [-0.3, -0.25) is 19.2 Å². The molecule has 2 aliphatic rings. The molecular formula is C38H39N5O4. The molecule has 9 heteroatoms. The molecule has 9 nitrogen and oxygen atoms in total. The molecule has 2 heterocycles. The number of hydrogen-bond acceptors (Lipinski definition) is 5. The van der Waals surface area contributed by atoms with E-state index in [0.29, 0.717) is 35.7 Å².